The standard InChI is InChI=1S/C20H25N9/c1-13-9-17(27-26-13)24-19-20-22-6-8-28(20)12-18(25-19)23-14-10-15-3-4-16(11-14)29(15)7-2-5-21/h6,8-9,12,14-16,23H,2-4,7,10-11H2,1H3,(H2,24,25,26,27). The van der Waals surface area contributed by atoms with Gasteiger partial charge in [0.15, 0.2) is 17.3 Å². The number of piperidine rings is 1. The molecule has 2 aliphatic rings. The molecule has 2 bridgehead atoms. The maximum absolute atomic E-state index is 8.92. The van der Waals surface area contributed by atoms with Gasteiger partial charge in [-0.05, 0) is 32.6 Å². The van der Waals surface area contributed by atoms with Crippen LogP contribution in [-0.4, -0.2) is 54.1 Å². The fraction of sp³-hybridized carbons (Fsp3) is 0.500. The van der Waals surface area contributed by atoms with Crippen LogP contribution in [0, 0.1) is 18.3 Å². The van der Waals surface area contributed by atoms with Crippen LogP contribution in [0.3, 0.4) is 0 Å². The molecule has 150 valence electrons. The van der Waals surface area contributed by atoms with Gasteiger partial charge in [-0.25, -0.2) is 9.97 Å². The molecule has 3 aromatic heterocycles. The van der Waals surface area contributed by atoms with E-state index in [9.17, 15) is 0 Å². The van der Waals surface area contributed by atoms with Crippen molar-refractivity contribution in [1.29, 1.82) is 5.26 Å². The number of aryl methyl sites for hydroxylation is 1. The van der Waals surface area contributed by atoms with E-state index >= 15 is 0 Å². The van der Waals surface area contributed by atoms with Crippen molar-refractivity contribution in [3.63, 3.8) is 0 Å². The first-order chi connectivity index (χ1) is 14.2. The van der Waals surface area contributed by atoms with E-state index in [4.69, 9.17) is 10.2 Å². The van der Waals surface area contributed by atoms with Crippen molar-refractivity contribution in [3.05, 3.63) is 30.4 Å². The van der Waals surface area contributed by atoms with E-state index in [2.05, 4.69) is 36.8 Å². The first kappa shape index (κ1) is 17.9. The Morgan fingerprint density at radius 3 is 2.83 bits per heavy atom. The van der Waals surface area contributed by atoms with Crippen LogP contribution in [0.5, 0.6) is 0 Å². The number of fused-ring (bicyclic) bond motifs is 3. The maximum atomic E-state index is 8.92. The fourth-order valence-electron chi connectivity index (χ4n) is 4.83. The van der Waals surface area contributed by atoms with E-state index in [1.807, 2.05) is 29.8 Å². The van der Waals surface area contributed by atoms with Crippen LogP contribution in [0.4, 0.5) is 17.5 Å². The van der Waals surface area contributed by atoms with Crippen LogP contribution >= 0.6 is 0 Å². The second kappa shape index (κ2) is 7.37. The topological polar surface area (TPSA) is 110 Å². The summed E-state index contributed by atoms with van der Waals surface area (Å²) < 4.78 is 1.98. The molecule has 5 rings (SSSR count). The molecule has 3 N–H and O–H groups in total. The van der Waals surface area contributed by atoms with Gasteiger partial charge in [-0.3, -0.25) is 10.00 Å². The molecule has 0 amide bonds. The largest absolute Gasteiger partial charge is 0.366 e. The predicted molar refractivity (Wildman–Crippen MR) is 110 cm³/mol. The molecule has 9 nitrogen and oxygen atoms in total. The lowest BCUT2D eigenvalue weighted by Crippen LogP contribution is -2.47. The first-order valence-corrected chi connectivity index (χ1v) is 10.2. The SMILES string of the molecule is Cc1cc(Nc2nc(NC3CC4CCC(C3)N4CCC#N)cn3ccnc23)n[nH]1. The minimum atomic E-state index is 0.389. The summed E-state index contributed by atoms with van der Waals surface area (Å²) in [6.45, 7) is 2.86. The van der Waals surface area contributed by atoms with Crippen molar-refractivity contribution in [1.82, 2.24) is 29.5 Å². The number of hydrogen-bond acceptors (Lipinski definition) is 7. The predicted octanol–water partition coefficient (Wildman–Crippen LogP) is 2.83. The van der Waals surface area contributed by atoms with Crippen LogP contribution in [-0.2, 0) is 0 Å². The van der Waals surface area contributed by atoms with Gasteiger partial charge in [-0.2, -0.15) is 10.4 Å². The number of hydrogen-bond donors (Lipinski definition) is 3. The number of anilines is 3. The molecule has 5 heterocycles. The molecule has 0 aromatic carbocycles. The highest BCUT2D eigenvalue weighted by atomic mass is 15.2. The Balaban J connectivity index is 1.34. The molecule has 0 spiro atoms. The molecule has 0 radical (unpaired) electrons. The third kappa shape index (κ3) is 3.51. The van der Waals surface area contributed by atoms with Gasteiger partial charge in [-0.15, -0.1) is 0 Å². The summed E-state index contributed by atoms with van der Waals surface area (Å²) >= 11 is 0. The first-order valence-electron chi connectivity index (χ1n) is 10.2. The zero-order chi connectivity index (χ0) is 19.8. The number of nitriles is 1. The molecule has 9 heteroatoms. The maximum Gasteiger partial charge on any atom is 0.180 e. The van der Waals surface area contributed by atoms with Gasteiger partial charge >= 0.3 is 0 Å². The minimum Gasteiger partial charge on any atom is -0.366 e. The fourth-order valence-corrected chi connectivity index (χ4v) is 4.83. The van der Waals surface area contributed by atoms with E-state index in [0.29, 0.717) is 30.4 Å². The molecule has 2 atom stereocenters. The number of H-pyrrole nitrogens is 1. The number of aromatic amines is 1. The smallest absolute Gasteiger partial charge is 0.180 e. The van der Waals surface area contributed by atoms with Crippen molar-refractivity contribution < 1.29 is 0 Å². The van der Waals surface area contributed by atoms with E-state index in [1.165, 1.54) is 12.8 Å². The Labute approximate surface area is 169 Å². The molecular weight excluding hydrogens is 366 g/mol. The summed E-state index contributed by atoms with van der Waals surface area (Å²) in [5.41, 5.74) is 1.75. The van der Waals surface area contributed by atoms with Crippen LogP contribution in [0.2, 0.25) is 0 Å². The minimum absolute atomic E-state index is 0.389. The average Bonchev–Trinajstić information content (AvgIpc) is 3.39. The van der Waals surface area contributed by atoms with Gasteiger partial charge in [0.1, 0.15) is 5.82 Å². The molecule has 2 aliphatic heterocycles. The zero-order valence-corrected chi connectivity index (χ0v) is 16.5. The van der Waals surface area contributed by atoms with E-state index in [0.717, 1.165) is 42.4 Å². The zero-order valence-electron chi connectivity index (χ0n) is 16.5. The van der Waals surface area contributed by atoms with Crippen molar-refractivity contribution in [3.8, 4) is 6.07 Å². The number of aromatic nitrogens is 5. The lowest BCUT2D eigenvalue weighted by molar-refractivity contribution is 0.135. The number of rotatable bonds is 6. The summed E-state index contributed by atoms with van der Waals surface area (Å²) in [4.78, 5) is 11.8. The van der Waals surface area contributed by atoms with Crippen LogP contribution in [0.15, 0.2) is 24.7 Å². The quantitative estimate of drug-likeness (QED) is 0.593. The molecule has 29 heavy (non-hydrogen) atoms. The summed E-state index contributed by atoms with van der Waals surface area (Å²) in [5.74, 6) is 2.24. The Morgan fingerprint density at radius 1 is 1.28 bits per heavy atom. The molecule has 3 aromatic rings. The molecular formula is C20H25N9. The highest BCUT2D eigenvalue weighted by Gasteiger charge is 2.40. The van der Waals surface area contributed by atoms with Crippen LogP contribution in [0.1, 0.15) is 37.8 Å². The second-order valence-electron chi connectivity index (χ2n) is 8.04. The Kier molecular flexibility index (Phi) is 4.56. The van der Waals surface area contributed by atoms with E-state index in [-0.39, 0.29) is 0 Å². The van der Waals surface area contributed by atoms with Crippen molar-refractivity contribution in [2.24, 2.45) is 0 Å². The van der Waals surface area contributed by atoms with Crippen molar-refractivity contribution in [2.75, 3.05) is 17.2 Å². The number of imidazole rings is 1. The average molecular weight is 391 g/mol. The number of nitrogens with one attached hydrogen (secondary N) is 3. The van der Waals surface area contributed by atoms with Crippen molar-refractivity contribution >= 4 is 23.1 Å². The molecule has 0 saturated carbocycles. The third-order valence-corrected chi connectivity index (χ3v) is 6.04. The normalized spacial score (nSPS) is 23.9. The second-order valence-corrected chi connectivity index (χ2v) is 8.04. The summed E-state index contributed by atoms with van der Waals surface area (Å²) in [7, 11) is 0. The summed E-state index contributed by atoms with van der Waals surface area (Å²) in [6.07, 6.45) is 11.0. The molecule has 2 unspecified atom stereocenters. The lowest BCUT2D eigenvalue weighted by Gasteiger charge is -2.39. The summed E-state index contributed by atoms with van der Waals surface area (Å²) in [6, 6.07) is 5.76. The molecule has 2 fully saturated rings. The van der Waals surface area contributed by atoms with Gasteiger partial charge < -0.3 is 15.0 Å². The van der Waals surface area contributed by atoms with Crippen LogP contribution < -0.4 is 10.6 Å². The highest BCUT2D eigenvalue weighted by Crippen LogP contribution is 2.36. The summed E-state index contributed by atoms with van der Waals surface area (Å²) in [5, 5.41) is 23.0. The molecule has 2 saturated heterocycles. The van der Waals surface area contributed by atoms with Crippen LogP contribution in [0.25, 0.3) is 5.65 Å². The Morgan fingerprint density at radius 2 is 2.10 bits per heavy atom. The van der Waals surface area contributed by atoms with Crippen molar-refractivity contribution in [2.45, 2.75) is 57.2 Å². The Hall–Kier alpha value is -3.12. The Bertz CT molecular complexity index is 1030. The van der Waals surface area contributed by atoms with Gasteiger partial charge in [0.05, 0.1) is 12.3 Å². The molecule has 0 aliphatic carbocycles. The van der Waals surface area contributed by atoms with E-state index in [1.54, 1.807) is 6.20 Å². The highest BCUT2D eigenvalue weighted by molar-refractivity contribution is 5.70. The van der Waals surface area contributed by atoms with Gasteiger partial charge in [0.2, 0.25) is 0 Å². The lowest BCUT2D eigenvalue weighted by atomic mass is 9.97. The van der Waals surface area contributed by atoms with E-state index < -0.39 is 0 Å². The van der Waals surface area contributed by atoms with Gasteiger partial charge in [-0.1, -0.05) is 0 Å². The third-order valence-electron chi connectivity index (χ3n) is 6.04. The van der Waals surface area contributed by atoms with Gasteiger partial charge in [0.25, 0.3) is 0 Å². The van der Waals surface area contributed by atoms with Gasteiger partial charge in [0, 0.05) is 55.2 Å². The monoisotopic (exact) mass is 391 g/mol. The number of nitrogens with zero attached hydrogens (tertiary/aromatic N) is 6.